The van der Waals surface area contributed by atoms with Crippen LogP contribution in [0.25, 0.3) is 0 Å². The molecule has 1 fully saturated rings. The molecule has 1 N–H and O–H groups in total. The maximum Gasteiger partial charge on any atom is 0.328 e. The number of esters is 1. The highest BCUT2D eigenvalue weighted by molar-refractivity contribution is 5.86. The number of hydrogen-bond donors (Lipinski definition) is 1. The molecule has 0 heterocycles. The zero-order chi connectivity index (χ0) is 13.7. The van der Waals surface area contributed by atoms with Gasteiger partial charge in [0.05, 0.1) is 7.11 Å². The zero-order valence-corrected chi connectivity index (χ0v) is 11.9. The van der Waals surface area contributed by atoms with Gasteiger partial charge < -0.3 is 10.1 Å². The predicted molar refractivity (Wildman–Crippen MR) is 69.9 cm³/mol. The number of amides is 1. The fourth-order valence-electron chi connectivity index (χ4n) is 2.64. The van der Waals surface area contributed by atoms with E-state index in [0.29, 0.717) is 18.3 Å². The Kier molecular flexibility index (Phi) is 5.63. The number of hydrogen-bond acceptors (Lipinski definition) is 3. The van der Waals surface area contributed by atoms with E-state index in [-0.39, 0.29) is 17.8 Å². The zero-order valence-electron chi connectivity index (χ0n) is 11.9. The monoisotopic (exact) mass is 255 g/mol. The molecule has 0 radical (unpaired) electrons. The van der Waals surface area contributed by atoms with Gasteiger partial charge in [0.15, 0.2) is 0 Å². The molecule has 1 rings (SSSR count). The van der Waals surface area contributed by atoms with E-state index in [2.05, 4.69) is 12.2 Å². The first-order chi connectivity index (χ1) is 8.45. The summed E-state index contributed by atoms with van der Waals surface area (Å²) in [5, 5.41) is 2.86. The Balaban J connectivity index is 2.59. The summed E-state index contributed by atoms with van der Waals surface area (Å²) in [6.45, 7) is 6.16. The minimum absolute atomic E-state index is 0.0102. The smallest absolute Gasteiger partial charge is 0.328 e. The van der Waals surface area contributed by atoms with Crippen molar-refractivity contribution in [1.82, 2.24) is 5.32 Å². The molecule has 1 aliphatic carbocycles. The summed E-state index contributed by atoms with van der Waals surface area (Å²) < 4.78 is 4.75. The fourth-order valence-corrected chi connectivity index (χ4v) is 2.64. The minimum Gasteiger partial charge on any atom is -0.467 e. The van der Waals surface area contributed by atoms with Crippen LogP contribution in [0.5, 0.6) is 0 Å². The molecule has 0 spiro atoms. The molecule has 1 saturated carbocycles. The third kappa shape index (κ3) is 4.00. The van der Waals surface area contributed by atoms with E-state index < -0.39 is 6.04 Å². The molecule has 3 atom stereocenters. The van der Waals surface area contributed by atoms with Crippen LogP contribution in [-0.2, 0) is 14.3 Å². The number of rotatable bonds is 5. The Morgan fingerprint density at radius 3 is 2.44 bits per heavy atom. The number of ether oxygens (including phenoxy) is 1. The third-order valence-electron chi connectivity index (χ3n) is 3.71. The highest BCUT2D eigenvalue weighted by Gasteiger charge is 2.32. The number of carbonyl (C=O) groups excluding carboxylic acids is 2. The molecule has 18 heavy (non-hydrogen) atoms. The summed E-state index contributed by atoms with van der Waals surface area (Å²) in [6.07, 6.45) is 3.76. The van der Waals surface area contributed by atoms with Crippen LogP contribution >= 0.6 is 0 Å². The Labute approximate surface area is 109 Å². The first kappa shape index (κ1) is 15.0. The van der Waals surface area contributed by atoms with Crippen molar-refractivity contribution in [3.63, 3.8) is 0 Å². The van der Waals surface area contributed by atoms with Gasteiger partial charge in [-0.25, -0.2) is 4.79 Å². The van der Waals surface area contributed by atoms with Gasteiger partial charge in [0.2, 0.25) is 5.91 Å². The van der Waals surface area contributed by atoms with Crippen LogP contribution in [0, 0.1) is 17.8 Å². The summed E-state index contributed by atoms with van der Waals surface area (Å²) in [4.78, 5) is 23.8. The second-order valence-electron chi connectivity index (χ2n) is 5.73. The molecule has 4 heteroatoms. The van der Waals surface area contributed by atoms with Crippen LogP contribution in [0.15, 0.2) is 0 Å². The average Bonchev–Trinajstić information content (AvgIpc) is 2.73. The van der Waals surface area contributed by atoms with Crippen molar-refractivity contribution in [2.75, 3.05) is 7.11 Å². The maximum absolute atomic E-state index is 12.1. The van der Waals surface area contributed by atoms with E-state index in [1.165, 1.54) is 7.11 Å². The lowest BCUT2D eigenvalue weighted by Gasteiger charge is -2.22. The van der Waals surface area contributed by atoms with Gasteiger partial charge in [0.25, 0.3) is 0 Å². The Morgan fingerprint density at radius 2 is 2.00 bits per heavy atom. The Hall–Kier alpha value is -1.06. The van der Waals surface area contributed by atoms with E-state index >= 15 is 0 Å². The largest absolute Gasteiger partial charge is 0.467 e. The first-order valence-corrected chi connectivity index (χ1v) is 6.84. The van der Waals surface area contributed by atoms with Crippen LogP contribution in [0.1, 0.15) is 46.5 Å². The quantitative estimate of drug-likeness (QED) is 0.766. The van der Waals surface area contributed by atoms with Crippen molar-refractivity contribution in [3.05, 3.63) is 0 Å². The summed E-state index contributed by atoms with van der Waals surface area (Å²) in [5.41, 5.74) is 0. The molecule has 0 aromatic carbocycles. The van der Waals surface area contributed by atoms with Crippen molar-refractivity contribution in [2.24, 2.45) is 17.8 Å². The highest BCUT2D eigenvalue weighted by atomic mass is 16.5. The predicted octanol–water partition coefficient (Wildman–Crippen LogP) is 2.13. The maximum atomic E-state index is 12.1. The van der Waals surface area contributed by atoms with Gasteiger partial charge in [0, 0.05) is 5.92 Å². The van der Waals surface area contributed by atoms with Gasteiger partial charge in [-0.1, -0.05) is 27.2 Å². The molecule has 104 valence electrons. The molecule has 0 aliphatic heterocycles. The van der Waals surface area contributed by atoms with E-state index in [1.54, 1.807) is 0 Å². The van der Waals surface area contributed by atoms with Gasteiger partial charge in [-0.3, -0.25) is 4.79 Å². The summed E-state index contributed by atoms with van der Waals surface area (Å²) in [5.74, 6) is 0.487. The first-order valence-electron chi connectivity index (χ1n) is 6.84. The lowest BCUT2D eigenvalue weighted by Crippen LogP contribution is -2.45. The van der Waals surface area contributed by atoms with Crippen LogP contribution in [0.2, 0.25) is 0 Å². The normalized spacial score (nSPS) is 24.9. The highest BCUT2D eigenvalue weighted by Crippen LogP contribution is 2.31. The van der Waals surface area contributed by atoms with E-state index in [4.69, 9.17) is 4.74 Å². The van der Waals surface area contributed by atoms with Crippen LogP contribution in [-0.4, -0.2) is 25.0 Å². The average molecular weight is 255 g/mol. The molecule has 0 bridgehead atoms. The SMILES string of the molecule is COC(=O)C(CC(C)C)NC(=O)C1CCCC1C. The van der Waals surface area contributed by atoms with Gasteiger partial charge in [-0.05, 0) is 31.1 Å². The second kappa shape index (κ2) is 6.76. The minimum atomic E-state index is -0.504. The lowest BCUT2D eigenvalue weighted by atomic mass is 9.96. The van der Waals surface area contributed by atoms with E-state index in [1.807, 2.05) is 13.8 Å². The molecule has 1 amide bonds. The molecule has 4 nitrogen and oxygen atoms in total. The van der Waals surface area contributed by atoms with Gasteiger partial charge in [0.1, 0.15) is 6.04 Å². The van der Waals surface area contributed by atoms with E-state index in [0.717, 1.165) is 19.3 Å². The molecular formula is C14H25NO3. The van der Waals surface area contributed by atoms with Crippen molar-refractivity contribution < 1.29 is 14.3 Å². The summed E-state index contributed by atoms with van der Waals surface area (Å²) in [6, 6.07) is -0.504. The topological polar surface area (TPSA) is 55.4 Å². The van der Waals surface area contributed by atoms with Gasteiger partial charge >= 0.3 is 5.97 Å². The summed E-state index contributed by atoms with van der Waals surface area (Å²) >= 11 is 0. The number of carbonyl (C=O) groups is 2. The number of methoxy groups -OCH3 is 1. The van der Waals surface area contributed by atoms with Crippen LogP contribution < -0.4 is 5.32 Å². The third-order valence-corrected chi connectivity index (χ3v) is 3.71. The standard InChI is InChI=1S/C14H25NO3/c1-9(2)8-12(14(17)18-4)15-13(16)11-7-5-6-10(11)3/h9-12H,5-8H2,1-4H3,(H,15,16). The Bertz CT molecular complexity index is 301. The van der Waals surface area contributed by atoms with Crippen molar-refractivity contribution in [3.8, 4) is 0 Å². The van der Waals surface area contributed by atoms with Crippen molar-refractivity contribution >= 4 is 11.9 Å². The fraction of sp³-hybridized carbons (Fsp3) is 0.857. The lowest BCUT2D eigenvalue weighted by molar-refractivity contribution is -0.146. The van der Waals surface area contributed by atoms with Gasteiger partial charge in [-0.15, -0.1) is 0 Å². The molecule has 3 unspecified atom stereocenters. The summed E-state index contributed by atoms with van der Waals surface area (Å²) in [7, 11) is 1.36. The van der Waals surface area contributed by atoms with Crippen LogP contribution in [0.3, 0.4) is 0 Å². The molecular weight excluding hydrogens is 230 g/mol. The van der Waals surface area contributed by atoms with Crippen molar-refractivity contribution in [1.29, 1.82) is 0 Å². The number of nitrogens with one attached hydrogen (secondary N) is 1. The van der Waals surface area contributed by atoms with Crippen molar-refractivity contribution in [2.45, 2.75) is 52.5 Å². The van der Waals surface area contributed by atoms with E-state index in [9.17, 15) is 9.59 Å². The molecule has 0 saturated heterocycles. The Morgan fingerprint density at radius 1 is 1.33 bits per heavy atom. The molecule has 0 aromatic rings. The molecule has 1 aliphatic rings. The molecule has 0 aromatic heterocycles. The van der Waals surface area contributed by atoms with Gasteiger partial charge in [-0.2, -0.15) is 0 Å². The van der Waals surface area contributed by atoms with Crippen LogP contribution in [0.4, 0.5) is 0 Å². The second-order valence-corrected chi connectivity index (χ2v) is 5.73.